The zero-order valence-corrected chi connectivity index (χ0v) is 15.0. The first-order valence-corrected chi connectivity index (χ1v) is 8.71. The van der Waals surface area contributed by atoms with Crippen molar-refractivity contribution in [1.82, 2.24) is 0 Å². The van der Waals surface area contributed by atoms with Crippen molar-refractivity contribution in [2.45, 2.75) is 40.0 Å². The summed E-state index contributed by atoms with van der Waals surface area (Å²) < 4.78 is 4.89. The Kier molecular flexibility index (Phi) is 5.17. The molecule has 1 aliphatic rings. The number of esters is 1. The largest absolute Gasteiger partial charge is 0.465 e. The first kappa shape index (κ1) is 17.3. The molecule has 0 aromatic carbocycles. The van der Waals surface area contributed by atoms with Crippen molar-refractivity contribution in [2.24, 2.45) is 11.3 Å². The zero-order valence-electron chi connectivity index (χ0n) is 13.4. The number of anilines is 1. The predicted octanol–water partition coefficient (Wildman–Crippen LogP) is 3.86. The monoisotopic (exact) mass is 343 g/mol. The maximum atomic E-state index is 12.1. The Hall–Kier alpha value is -1.07. The molecule has 2 rings (SSSR count). The van der Waals surface area contributed by atoms with Gasteiger partial charge in [-0.25, -0.2) is 4.79 Å². The van der Waals surface area contributed by atoms with Crippen molar-refractivity contribution < 1.29 is 14.3 Å². The Balaban J connectivity index is 2.39. The van der Waals surface area contributed by atoms with Gasteiger partial charge in [-0.15, -0.1) is 22.9 Å². The average Bonchev–Trinajstić information content (AvgIpc) is 2.82. The standard InChI is InChI=1S/C16H22ClNO3S/c1-16(2,3)9-5-6-10-11(7-9)22-14(18-12(19)8-17)13(10)15(20)21-4/h9H,5-8H2,1-4H3,(H,18,19)/t9-/m1/s1. The SMILES string of the molecule is COC(=O)c1c(NC(=O)CCl)sc2c1CC[C@@H](C(C)(C)C)C2. The number of nitrogens with one attached hydrogen (secondary N) is 1. The van der Waals surface area contributed by atoms with Gasteiger partial charge in [-0.3, -0.25) is 4.79 Å². The van der Waals surface area contributed by atoms with Crippen LogP contribution in [0.25, 0.3) is 0 Å². The van der Waals surface area contributed by atoms with Crippen LogP contribution in [-0.2, 0) is 22.4 Å². The maximum Gasteiger partial charge on any atom is 0.341 e. The Morgan fingerprint density at radius 2 is 2.09 bits per heavy atom. The molecular weight excluding hydrogens is 322 g/mol. The van der Waals surface area contributed by atoms with E-state index in [9.17, 15) is 9.59 Å². The molecule has 1 heterocycles. The number of carbonyl (C=O) groups is 2. The number of thiophene rings is 1. The smallest absolute Gasteiger partial charge is 0.341 e. The number of alkyl halides is 1. The zero-order chi connectivity index (χ0) is 16.5. The molecule has 1 N–H and O–H groups in total. The molecule has 1 aliphatic carbocycles. The minimum atomic E-state index is -0.392. The Morgan fingerprint density at radius 1 is 1.41 bits per heavy atom. The highest BCUT2D eigenvalue weighted by Gasteiger charge is 2.34. The third-order valence-electron chi connectivity index (χ3n) is 4.25. The van der Waals surface area contributed by atoms with Gasteiger partial charge in [0, 0.05) is 4.88 Å². The van der Waals surface area contributed by atoms with Gasteiger partial charge in [0.1, 0.15) is 10.9 Å². The number of hydrogen-bond donors (Lipinski definition) is 1. The van der Waals surface area contributed by atoms with Gasteiger partial charge in [-0.2, -0.15) is 0 Å². The van der Waals surface area contributed by atoms with Crippen LogP contribution >= 0.6 is 22.9 Å². The molecule has 1 amide bonds. The molecule has 0 bridgehead atoms. The fourth-order valence-corrected chi connectivity index (χ4v) is 4.29. The Labute approximate surface area is 140 Å². The van der Waals surface area contributed by atoms with E-state index < -0.39 is 5.97 Å². The van der Waals surface area contributed by atoms with Gasteiger partial charge in [-0.05, 0) is 36.2 Å². The van der Waals surface area contributed by atoms with E-state index in [1.165, 1.54) is 23.3 Å². The van der Waals surface area contributed by atoms with E-state index in [0.717, 1.165) is 24.8 Å². The van der Waals surface area contributed by atoms with Gasteiger partial charge < -0.3 is 10.1 Å². The highest BCUT2D eigenvalue weighted by Crippen LogP contribution is 2.44. The first-order chi connectivity index (χ1) is 10.3. The highest BCUT2D eigenvalue weighted by atomic mass is 35.5. The van der Waals surface area contributed by atoms with E-state index in [2.05, 4.69) is 26.1 Å². The summed E-state index contributed by atoms with van der Waals surface area (Å²) in [6.45, 7) is 6.73. The topological polar surface area (TPSA) is 55.4 Å². The van der Waals surface area contributed by atoms with Crippen molar-refractivity contribution in [3.8, 4) is 0 Å². The Bertz CT molecular complexity index is 589. The molecule has 4 nitrogen and oxygen atoms in total. The fraction of sp³-hybridized carbons (Fsp3) is 0.625. The van der Waals surface area contributed by atoms with Crippen LogP contribution in [0.5, 0.6) is 0 Å². The van der Waals surface area contributed by atoms with Crippen LogP contribution in [0, 0.1) is 11.3 Å². The summed E-state index contributed by atoms with van der Waals surface area (Å²) in [5.74, 6) is -0.261. The number of carbonyl (C=O) groups excluding carboxylic acids is 2. The maximum absolute atomic E-state index is 12.1. The lowest BCUT2D eigenvalue weighted by Gasteiger charge is -2.33. The van der Waals surface area contributed by atoms with Crippen LogP contribution in [0.1, 0.15) is 48.0 Å². The molecular formula is C16H22ClNO3S. The normalized spacial score (nSPS) is 17.8. The fourth-order valence-electron chi connectivity index (χ4n) is 2.89. The molecule has 22 heavy (non-hydrogen) atoms. The summed E-state index contributed by atoms with van der Waals surface area (Å²) in [4.78, 5) is 24.9. The van der Waals surface area contributed by atoms with Crippen LogP contribution < -0.4 is 5.32 Å². The molecule has 0 fully saturated rings. The lowest BCUT2D eigenvalue weighted by Crippen LogP contribution is -2.26. The number of amides is 1. The highest BCUT2D eigenvalue weighted by molar-refractivity contribution is 7.17. The third kappa shape index (κ3) is 3.46. The number of ether oxygens (including phenoxy) is 1. The number of halogens is 1. The minimum Gasteiger partial charge on any atom is -0.465 e. The second kappa shape index (κ2) is 6.59. The third-order valence-corrected chi connectivity index (χ3v) is 5.67. The number of rotatable bonds is 3. The summed E-state index contributed by atoms with van der Waals surface area (Å²) in [6.07, 6.45) is 2.82. The van der Waals surface area contributed by atoms with Gasteiger partial charge in [0.2, 0.25) is 5.91 Å². The van der Waals surface area contributed by atoms with Gasteiger partial charge in [-0.1, -0.05) is 20.8 Å². The van der Waals surface area contributed by atoms with E-state index in [1.54, 1.807) is 0 Å². The summed E-state index contributed by atoms with van der Waals surface area (Å²) in [7, 11) is 1.36. The van der Waals surface area contributed by atoms with Crippen LogP contribution in [0.4, 0.5) is 5.00 Å². The van der Waals surface area contributed by atoms with Gasteiger partial charge in [0.25, 0.3) is 0 Å². The molecule has 1 aromatic rings. The lowest BCUT2D eigenvalue weighted by atomic mass is 9.72. The van der Waals surface area contributed by atoms with Crippen LogP contribution in [-0.4, -0.2) is 24.9 Å². The summed E-state index contributed by atoms with van der Waals surface area (Å²) in [6, 6.07) is 0. The van der Waals surface area contributed by atoms with Crippen LogP contribution in [0.2, 0.25) is 0 Å². The van der Waals surface area contributed by atoms with E-state index in [0.29, 0.717) is 16.5 Å². The van der Waals surface area contributed by atoms with Crippen molar-refractivity contribution in [3.05, 3.63) is 16.0 Å². The van der Waals surface area contributed by atoms with Crippen LogP contribution in [0.15, 0.2) is 0 Å². The van der Waals surface area contributed by atoms with Gasteiger partial charge in [0.05, 0.1) is 12.7 Å². The molecule has 122 valence electrons. The van der Waals surface area contributed by atoms with Gasteiger partial charge >= 0.3 is 5.97 Å². The molecule has 0 saturated carbocycles. The van der Waals surface area contributed by atoms with Crippen molar-refractivity contribution in [2.75, 3.05) is 18.3 Å². The molecule has 6 heteroatoms. The lowest BCUT2D eigenvalue weighted by molar-refractivity contribution is -0.113. The molecule has 0 aliphatic heterocycles. The predicted molar refractivity (Wildman–Crippen MR) is 90.0 cm³/mol. The van der Waals surface area contributed by atoms with E-state index in [-0.39, 0.29) is 17.2 Å². The molecule has 0 saturated heterocycles. The molecule has 1 aromatic heterocycles. The number of fused-ring (bicyclic) bond motifs is 1. The molecule has 1 atom stereocenters. The van der Waals surface area contributed by atoms with E-state index in [1.807, 2.05) is 0 Å². The van der Waals surface area contributed by atoms with E-state index >= 15 is 0 Å². The summed E-state index contributed by atoms with van der Waals surface area (Å²) in [5, 5.41) is 3.30. The summed E-state index contributed by atoms with van der Waals surface area (Å²) >= 11 is 7.03. The summed E-state index contributed by atoms with van der Waals surface area (Å²) in [5.41, 5.74) is 1.77. The molecule has 0 unspecified atom stereocenters. The number of methoxy groups -OCH3 is 1. The van der Waals surface area contributed by atoms with Crippen molar-refractivity contribution in [3.63, 3.8) is 0 Å². The second-order valence-corrected chi connectivity index (χ2v) is 8.06. The Morgan fingerprint density at radius 3 is 2.64 bits per heavy atom. The quantitative estimate of drug-likeness (QED) is 0.669. The molecule has 0 spiro atoms. The average molecular weight is 344 g/mol. The first-order valence-electron chi connectivity index (χ1n) is 7.36. The van der Waals surface area contributed by atoms with Crippen molar-refractivity contribution in [1.29, 1.82) is 0 Å². The van der Waals surface area contributed by atoms with Gasteiger partial charge in [0.15, 0.2) is 0 Å². The van der Waals surface area contributed by atoms with Crippen molar-refractivity contribution >= 4 is 39.8 Å². The van der Waals surface area contributed by atoms with Crippen LogP contribution in [0.3, 0.4) is 0 Å². The minimum absolute atomic E-state index is 0.131. The van der Waals surface area contributed by atoms with E-state index in [4.69, 9.17) is 16.3 Å². The number of hydrogen-bond acceptors (Lipinski definition) is 4. The second-order valence-electron chi connectivity index (χ2n) is 6.69. The molecule has 0 radical (unpaired) electrons.